The molecule has 1 atom stereocenters. The van der Waals surface area contributed by atoms with Crippen molar-refractivity contribution in [1.29, 1.82) is 0 Å². The Morgan fingerprint density at radius 3 is 2.79 bits per heavy atom. The number of rotatable bonds is 6. The van der Waals surface area contributed by atoms with Gasteiger partial charge in [-0.2, -0.15) is 10.2 Å². The van der Waals surface area contributed by atoms with Crippen molar-refractivity contribution in [2.75, 3.05) is 20.8 Å². The summed E-state index contributed by atoms with van der Waals surface area (Å²) in [6.45, 7) is 1.26. The van der Waals surface area contributed by atoms with E-state index in [1.807, 2.05) is 31.2 Å². The van der Waals surface area contributed by atoms with E-state index >= 15 is 0 Å². The van der Waals surface area contributed by atoms with Gasteiger partial charge in [-0.05, 0) is 7.05 Å². The average Bonchev–Trinajstić information content (AvgIpc) is 2.97. The van der Waals surface area contributed by atoms with Crippen LogP contribution in [-0.4, -0.2) is 40.3 Å². The van der Waals surface area contributed by atoms with Crippen LogP contribution in [0.4, 0.5) is 0 Å². The summed E-state index contributed by atoms with van der Waals surface area (Å²) in [7, 11) is 5.45. The second-order valence-electron chi connectivity index (χ2n) is 4.26. The molecule has 0 aliphatic carbocycles. The third-order valence-corrected chi connectivity index (χ3v) is 3.25. The minimum absolute atomic E-state index is 0.0412. The van der Waals surface area contributed by atoms with E-state index in [4.69, 9.17) is 16.3 Å². The number of nitrogens with one attached hydrogen (secondary N) is 1. The van der Waals surface area contributed by atoms with Crippen molar-refractivity contribution in [2.24, 2.45) is 7.05 Å². The molecule has 0 radical (unpaired) electrons. The molecule has 2 rings (SSSR count). The highest BCUT2D eigenvalue weighted by atomic mass is 35.5. The summed E-state index contributed by atoms with van der Waals surface area (Å²) in [6.07, 6.45) is 5.45. The van der Waals surface area contributed by atoms with E-state index in [1.165, 1.54) is 0 Å². The van der Waals surface area contributed by atoms with Crippen molar-refractivity contribution < 1.29 is 4.74 Å². The Bertz CT molecular complexity index is 536. The van der Waals surface area contributed by atoms with Crippen LogP contribution >= 0.6 is 11.6 Å². The van der Waals surface area contributed by atoms with Crippen LogP contribution in [0, 0.1) is 0 Å². The molecule has 1 N–H and O–H groups in total. The highest BCUT2D eigenvalue weighted by molar-refractivity contribution is 6.31. The van der Waals surface area contributed by atoms with Gasteiger partial charge in [0.1, 0.15) is 0 Å². The molecule has 0 spiro atoms. The Hall–Kier alpha value is -1.37. The summed E-state index contributed by atoms with van der Waals surface area (Å²) >= 11 is 6.26. The van der Waals surface area contributed by atoms with Crippen molar-refractivity contribution in [3.05, 3.63) is 34.9 Å². The van der Waals surface area contributed by atoms with Gasteiger partial charge in [0.25, 0.3) is 0 Å². The Morgan fingerprint density at radius 2 is 2.21 bits per heavy atom. The number of hydrogen-bond donors (Lipinski definition) is 1. The van der Waals surface area contributed by atoms with Gasteiger partial charge >= 0.3 is 0 Å². The van der Waals surface area contributed by atoms with Crippen molar-refractivity contribution in [3.63, 3.8) is 0 Å². The molecule has 2 aromatic rings. The number of halogens is 1. The predicted molar refractivity (Wildman–Crippen MR) is 73.2 cm³/mol. The minimum Gasteiger partial charge on any atom is -0.383 e. The molecule has 1 unspecified atom stereocenters. The molecule has 0 amide bonds. The zero-order valence-electron chi connectivity index (χ0n) is 11.3. The fourth-order valence-electron chi connectivity index (χ4n) is 2.07. The molecule has 2 heterocycles. The largest absolute Gasteiger partial charge is 0.383 e. The third kappa shape index (κ3) is 2.97. The summed E-state index contributed by atoms with van der Waals surface area (Å²) in [5, 5.41) is 12.4. The van der Waals surface area contributed by atoms with Crippen LogP contribution in [-0.2, 0) is 18.3 Å². The standard InChI is InChI=1S/C12H18ClN5O/c1-14-11(9-6-15-17(2)8-9)12-10(13)7-16-18(12)4-5-19-3/h6-8,11,14H,4-5H2,1-3H3. The summed E-state index contributed by atoms with van der Waals surface area (Å²) in [4.78, 5) is 0. The number of aromatic nitrogens is 4. The van der Waals surface area contributed by atoms with Crippen LogP contribution < -0.4 is 5.32 Å². The zero-order chi connectivity index (χ0) is 13.8. The lowest BCUT2D eigenvalue weighted by molar-refractivity contribution is 0.182. The lowest BCUT2D eigenvalue weighted by Gasteiger charge is -2.17. The summed E-state index contributed by atoms with van der Waals surface area (Å²) in [6, 6.07) is -0.0412. The van der Waals surface area contributed by atoms with Gasteiger partial charge < -0.3 is 10.1 Å². The molecule has 6 nitrogen and oxygen atoms in total. The second-order valence-corrected chi connectivity index (χ2v) is 4.67. The first-order chi connectivity index (χ1) is 9.17. The van der Waals surface area contributed by atoms with E-state index < -0.39 is 0 Å². The van der Waals surface area contributed by atoms with Crippen molar-refractivity contribution >= 4 is 11.6 Å². The molecular formula is C12H18ClN5O. The van der Waals surface area contributed by atoms with Crippen LogP contribution in [0.25, 0.3) is 0 Å². The van der Waals surface area contributed by atoms with E-state index in [9.17, 15) is 0 Å². The Morgan fingerprint density at radius 1 is 1.42 bits per heavy atom. The number of nitrogens with zero attached hydrogens (tertiary/aromatic N) is 4. The Balaban J connectivity index is 2.34. The Labute approximate surface area is 117 Å². The molecule has 0 aliphatic heterocycles. The van der Waals surface area contributed by atoms with Crippen LogP contribution in [0.1, 0.15) is 17.3 Å². The average molecular weight is 284 g/mol. The molecule has 19 heavy (non-hydrogen) atoms. The van der Waals surface area contributed by atoms with E-state index in [0.717, 1.165) is 11.3 Å². The first kappa shape index (κ1) is 14.0. The summed E-state index contributed by atoms with van der Waals surface area (Å²) in [5.41, 5.74) is 1.97. The SMILES string of the molecule is CNC(c1cnn(C)c1)c1c(Cl)cnn1CCOC. The predicted octanol–water partition coefficient (Wildman–Crippen LogP) is 1.23. The molecule has 104 valence electrons. The van der Waals surface area contributed by atoms with Crippen LogP contribution in [0.3, 0.4) is 0 Å². The van der Waals surface area contributed by atoms with Gasteiger partial charge in [0, 0.05) is 25.9 Å². The smallest absolute Gasteiger partial charge is 0.0837 e. The molecule has 0 aliphatic rings. The van der Waals surface area contributed by atoms with Crippen molar-refractivity contribution in [3.8, 4) is 0 Å². The number of aryl methyl sites for hydroxylation is 1. The quantitative estimate of drug-likeness (QED) is 0.866. The van der Waals surface area contributed by atoms with Gasteiger partial charge in [0.15, 0.2) is 0 Å². The number of hydrogen-bond acceptors (Lipinski definition) is 4. The van der Waals surface area contributed by atoms with Gasteiger partial charge in [0.05, 0.1) is 42.3 Å². The molecule has 2 aromatic heterocycles. The molecule has 0 aromatic carbocycles. The number of ether oxygens (including phenoxy) is 1. The first-order valence-electron chi connectivity index (χ1n) is 6.03. The normalized spacial score (nSPS) is 12.8. The number of methoxy groups -OCH3 is 1. The lowest BCUT2D eigenvalue weighted by Crippen LogP contribution is -2.22. The van der Waals surface area contributed by atoms with Gasteiger partial charge in [-0.15, -0.1) is 0 Å². The van der Waals surface area contributed by atoms with Gasteiger partial charge in [-0.1, -0.05) is 11.6 Å². The van der Waals surface area contributed by atoms with E-state index in [1.54, 1.807) is 18.0 Å². The monoisotopic (exact) mass is 283 g/mol. The van der Waals surface area contributed by atoms with Crippen LogP contribution in [0.15, 0.2) is 18.6 Å². The van der Waals surface area contributed by atoms with Crippen molar-refractivity contribution in [2.45, 2.75) is 12.6 Å². The molecular weight excluding hydrogens is 266 g/mol. The minimum atomic E-state index is -0.0412. The topological polar surface area (TPSA) is 56.9 Å². The molecule has 0 saturated heterocycles. The van der Waals surface area contributed by atoms with Gasteiger partial charge in [0.2, 0.25) is 0 Å². The molecule has 0 bridgehead atoms. The van der Waals surface area contributed by atoms with Crippen LogP contribution in [0.5, 0.6) is 0 Å². The molecule has 0 fully saturated rings. The zero-order valence-corrected chi connectivity index (χ0v) is 12.1. The summed E-state index contributed by atoms with van der Waals surface area (Å²) in [5.74, 6) is 0. The third-order valence-electron chi connectivity index (χ3n) is 2.96. The van der Waals surface area contributed by atoms with E-state index in [0.29, 0.717) is 18.2 Å². The Kier molecular flexibility index (Phi) is 4.57. The fraction of sp³-hybridized carbons (Fsp3) is 0.500. The lowest BCUT2D eigenvalue weighted by atomic mass is 10.1. The highest BCUT2D eigenvalue weighted by Crippen LogP contribution is 2.27. The van der Waals surface area contributed by atoms with Gasteiger partial charge in [-0.3, -0.25) is 9.36 Å². The van der Waals surface area contributed by atoms with Gasteiger partial charge in [-0.25, -0.2) is 0 Å². The fourth-order valence-corrected chi connectivity index (χ4v) is 2.32. The van der Waals surface area contributed by atoms with E-state index in [2.05, 4.69) is 15.5 Å². The maximum absolute atomic E-state index is 6.26. The highest BCUT2D eigenvalue weighted by Gasteiger charge is 2.21. The molecule has 0 saturated carbocycles. The van der Waals surface area contributed by atoms with Crippen LogP contribution in [0.2, 0.25) is 5.02 Å². The maximum atomic E-state index is 6.26. The van der Waals surface area contributed by atoms with Crippen molar-refractivity contribution in [1.82, 2.24) is 24.9 Å². The maximum Gasteiger partial charge on any atom is 0.0837 e. The van der Waals surface area contributed by atoms with E-state index in [-0.39, 0.29) is 6.04 Å². The summed E-state index contributed by atoms with van der Waals surface area (Å²) < 4.78 is 8.72. The molecule has 7 heteroatoms. The second kappa shape index (κ2) is 6.18. The first-order valence-corrected chi connectivity index (χ1v) is 6.41.